The van der Waals surface area contributed by atoms with Gasteiger partial charge in [0.25, 0.3) is 0 Å². The van der Waals surface area contributed by atoms with Gasteiger partial charge >= 0.3 is 0 Å². The van der Waals surface area contributed by atoms with E-state index in [1.807, 2.05) is 24.3 Å². The quantitative estimate of drug-likeness (QED) is 0.461. The van der Waals surface area contributed by atoms with E-state index in [0.717, 1.165) is 10.0 Å². The van der Waals surface area contributed by atoms with Crippen LogP contribution in [0.5, 0.6) is 0 Å². The van der Waals surface area contributed by atoms with E-state index < -0.39 is 0 Å². The highest BCUT2D eigenvalue weighted by Gasteiger charge is 1.98. The molecule has 0 unspecified atom stereocenters. The van der Waals surface area contributed by atoms with Crippen molar-refractivity contribution in [2.75, 3.05) is 0 Å². The molecule has 0 atom stereocenters. The molecule has 0 saturated heterocycles. The molecule has 0 fully saturated rings. The zero-order chi connectivity index (χ0) is 9.68. The first-order valence-corrected chi connectivity index (χ1v) is 4.34. The molecule has 0 aliphatic rings. The lowest BCUT2D eigenvalue weighted by atomic mass is 10.1. The summed E-state index contributed by atoms with van der Waals surface area (Å²) in [4.78, 5) is 0. The SMILES string of the molecule is N/N=C(\C=N\N)c1ccc(Br)cc1. The smallest absolute Gasteiger partial charge is 0.110 e. The third-order valence-electron chi connectivity index (χ3n) is 1.48. The summed E-state index contributed by atoms with van der Waals surface area (Å²) >= 11 is 3.33. The van der Waals surface area contributed by atoms with Crippen LogP contribution < -0.4 is 11.7 Å². The average molecular weight is 241 g/mol. The van der Waals surface area contributed by atoms with E-state index in [9.17, 15) is 0 Å². The lowest BCUT2D eigenvalue weighted by Crippen LogP contribution is -2.06. The third kappa shape index (κ3) is 2.55. The fraction of sp³-hybridized carbons (Fsp3) is 0. The Morgan fingerprint density at radius 2 is 1.85 bits per heavy atom. The van der Waals surface area contributed by atoms with Crippen LogP contribution in [0.2, 0.25) is 0 Å². The predicted molar refractivity (Wildman–Crippen MR) is 57.5 cm³/mol. The van der Waals surface area contributed by atoms with Crippen LogP contribution in [-0.2, 0) is 0 Å². The van der Waals surface area contributed by atoms with Gasteiger partial charge < -0.3 is 11.7 Å². The molecule has 1 aromatic rings. The standard InChI is InChI=1S/C8H9BrN4/c9-7-3-1-6(2-4-7)8(13-11)5-12-10/h1-5H,10-11H2/b12-5+,13-8+. The van der Waals surface area contributed by atoms with Gasteiger partial charge in [0.05, 0.1) is 6.21 Å². The monoisotopic (exact) mass is 240 g/mol. The van der Waals surface area contributed by atoms with E-state index in [4.69, 9.17) is 11.7 Å². The van der Waals surface area contributed by atoms with Gasteiger partial charge in [-0.3, -0.25) is 0 Å². The van der Waals surface area contributed by atoms with Crippen molar-refractivity contribution in [1.82, 2.24) is 0 Å². The molecular formula is C8H9BrN4. The van der Waals surface area contributed by atoms with Crippen LogP contribution >= 0.6 is 15.9 Å². The fourth-order valence-corrected chi connectivity index (χ4v) is 1.14. The average Bonchev–Trinajstić information content (AvgIpc) is 2.16. The highest BCUT2D eigenvalue weighted by atomic mass is 79.9. The number of halogens is 1. The molecule has 0 amide bonds. The van der Waals surface area contributed by atoms with Crippen LogP contribution in [0.15, 0.2) is 38.9 Å². The first-order valence-electron chi connectivity index (χ1n) is 3.55. The maximum absolute atomic E-state index is 5.16. The normalized spacial score (nSPS) is 12.2. The van der Waals surface area contributed by atoms with Crippen LogP contribution in [0.25, 0.3) is 0 Å². The predicted octanol–water partition coefficient (Wildman–Crippen LogP) is 1.06. The second-order valence-corrected chi connectivity index (χ2v) is 3.22. The molecule has 5 heteroatoms. The molecule has 1 aromatic carbocycles. The Kier molecular flexibility index (Phi) is 3.45. The van der Waals surface area contributed by atoms with E-state index in [1.54, 1.807) is 0 Å². The van der Waals surface area contributed by atoms with Gasteiger partial charge in [-0.05, 0) is 12.1 Å². The van der Waals surface area contributed by atoms with Crippen LogP contribution in [0.1, 0.15) is 5.56 Å². The molecule has 4 N–H and O–H groups in total. The zero-order valence-corrected chi connectivity index (χ0v) is 8.40. The molecule has 0 radical (unpaired) electrons. The Balaban J connectivity index is 3.00. The topological polar surface area (TPSA) is 76.8 Å². The maximum Gasteiger partial charge on any atom is 0.110 e. The minimum atomic E-state index is 0.551. The van der Waals surface area contributed by atoms with Gasteiger partial charge in [-0.15, -0.1) is 0 Å². The number of nitrogens with two attached hydrogens (primary N) is 2. The number of rotatable bonds is 2. The van der Waals surface area contributed by atoms with Gasteiger partial charge in [0.1, 0.15) is 5.71 Å². The van der Waals surface area contributed by atoms with Crippen molar-refractivity contribution in [2.45, 2.75) is 0 Å². The molecule has 0 aliphatic heterocycles. The zero-order valence-electron chi connectivity index (χ0n) is 6.81. The van der Waals surface area contributed by atoms with Crippen molar-refractivity contribution in [1.29, 1.82) is 0 Å². The molecular weight excluding hydrogens is 232 g/mol. The van der Waals surface area contributed by atoms with Gasteiger partial charge in [0.15, 0.2) is 0 Å². The Labute approximate surface area is 84.4 Å². The van der Waals surface area contributed by atoms with Crippen molar-refractivity contribution in [3.63, 3.8) is 0 Å². The third-order valence-corrected chi connectivity index (χ3v) is 2.00. The summed E-state index contributed by atoms with van der Waals surface area (Å²) in [5.41, 5.74) is 1.43. The number of hydrogen-bond acceptors (Lipinski definition) is 4. The first-order chi connectivity index (χ1) is 6.27. The van der Waals surface area contributed by atoms with Crippen molar-refractivity contribution < 1.29 is 0 Å². The summed E-state index contributed by atoms with van der Waals surface area (Å²) in [6, 6.07) is 7.53. The maximum atomic E-state index is 5.16. The summed E-state index contributed by atoms with van der Waals surface area (Å²) < 4.78 is 0.998. The van der Waals surface area contributed by atoms with Crippen molar-refractivity contribution in [2.24, 2.45) is 21.9 Å². The van der Waals surface area contributed by atoms with Crippen LogP contribution in [0.4, 0.5) is 0 Å². The molecule has 0 heterocycles. The number of nitrogens with zero attached hydrogens (tertiary/aromatic N) is 2. The van der Waals surface area contributed by atoms with E-state index in [2.05, 4.69) is 26.1 Å². The Morgan fingerprint density at radius 1 is 1.23 bits per heavy atom. The highest BCUT2D eigenvalue weighted by molar-refractivity contribution is 9.10. The lowest BCUT2D eigenvalue weighted by molar-refractivity contribution is 1.24. The summed E-state index contributed by atoms with van der Waals surface area (Å²) in [6.45, 7) is 0. The summed E-state index contributed by atoms with van der Waals surface area (Å²) in [5, 5.41) is 6.91. The second kappa shape index (κ2) is 4.61. The summed E-state index contributed by atoms with van der Waals surface area (Å²) in [5.74, 6) is 10.2. The molecule has 0 aromatic heterocycles. The van der Waals surface area contributed by atoms with Gasteiger partial charge in [0, 0.05) is 10.0 Å². The summed E-state index contributed by atoms with van der Waals surface area (Å²) in [7, 11) is 0. The molecule has 68 valence electrons. The Bertz CT molecular complexity index is 329. The van der Waals surface area contributed by atoms with Crippen molar-refractivity contribution in [3.05, 3.63) is 34.3 Å². The van der Waals surface area contributed by atoms with Crippen molar-refractivity contribution >= 4 is 27.9 Å². The second-order valence-electron chi connectivity index (χ2n) is 2.30. The Hall–Kier alpha value is -1.36. The van der Waals surface area contributed by atoms with Crippen LogP contribution in [0.3, 0.4) is 0 Å². The van der Waals surface area contributed by atoms with Gasteiger partial charge in [-0.2, -0.15) is 10.2 Å². The highest BCUT2D eigenvalue weighted by Crippen LogP contribution is 2.10. The van der Waals surface area contributed by atoms with Crippen LogP contribution in [0, 0.1) is 0 Å². The minimum absolute atomic E-state index is 0.551. The summed E-state index contributed by atoms with van der Waals surface area (Å²) in [6.07, 6.45) is 1.41. The molecule has 1 rings (SSSR count). The first kappa shape index (κ1) is 9.73. The largest absolute Gasteiger partial charge is 0.323 e. The number of benzene rings is 1. The molecule has 0 spiro atoms. The molecule has 0 saturated carbocycles. The van der Waals surface area contributed by atoms with E-state index in [0.29, 0.717) is 5.71 Å². The molecule has 0 aliphatic carbocycles. The van der Waals surface area contributed by atoms with E-state index in [1.165, 1.54) is 6.21 Å². The fourth-order valence-electron chi connectivity index (χ4n) is 0.874. The van der Waals surface area contributed by atoms with E-state index >= 15 is 0 Å². The number of hydrogen-bond donors (Lipinski definition) is 2. The van der Waals surface area contributed by atoms with Crippen molar-refractivity contribution in [3.8, 4) is 0 Å². The van der Waals surface area contributed by atoms with Gasteiger partial charge in [-0.25, -0.2) is 0 Å². The van der Waals surface area contributed by atoms with Crippen LogP contribution in [-0.4, -0.2) is 11.9 Å². The Morgan fingerprint density at radius 3 is 2.31 bits per heavy atom. The van der Waals surface area contributed by atoms with E-state index in [-0.39, 0.29) is 0 Å². The molecule has 4 nitrogen and oxygen atoms in total. The molecule has 0 bridgehead atoms. The molecule has 13 heavy (non-hydrogen) atoms. The minimum Gasteiger partial charge on any atom is -0.323 e. The number of hydrazone groups is 2. The lowest BCUT2D eigenvalue weighted by Gasteiger charge is -1.98. The van der Waals surface area contributed by atoms with Gasteiger partial charge in [-0.1, -0.05) is 28.1 Å². The van der Waals surface area contributed by atoms with Gasteiger partial charge in [0.2, 0.25) is 0 Å².